The van der Waals surface area contributed by atoms with Gasteiger partial charge in [-0.05, 0) is 29.7 Å². The standard InChI is InChI=1S/C24H20N4O/c1-3-7-18(8-4-1)19-13-15-28(16-14-19)22-12-11-21(17-25-22)24-26-23(27-29-24)20-9-5-2-6-10-20/h1-13,17H,14-16H2. The van der Waals surface area contributed by atoms with Gasteiger partial charge in [0.2, 0.25) is 5.82 Å². The van der Waals surface area contributed by atoms with E-state index >= 15 is 0 Å². The van der Waals surface area contributed by atoms with E-state index in [2.05, 4.69) is 56.4 Å². The van der Waals surface area contributed by atoms with Gasteiger partial charge in [0.1, 0.15) is 5.82 Å². The van der Waals surface area contributed by atoms with Crippen molar-refractivity contribution >= 4 is 11.4 Å². The molecule has 2 aromatic heterocycles. The van der Waals surface area contributed by atoms with Crippen LogP contribution in [0.1, 0.15) is 12.0 Å². The van der Waals surface area contributed by atoms with Gasteiger partial charge in [0.15, 0.2) is 0 Å². The highest BCUT2D eigenvalue weighted by Gasteiger charge is 2.16. The Balaban J connectivity index is 1.30. The number of aromatic nitrogens is 3. The monoisotopic (exact) mass is 380 g/mol. The van der Waals surface area contributed by atoms with E-state index in [0.29, 0.717) is 11.7 Å². The van der Waals surface area contributed by atoms with Crippen molar-refractivity contribution in [1.29, 1.82) is 0 Å². The number of pyridine rings is 1. The van der Waals surface area contributed by atoms with Crippen LogP contribution >= 0.6 is 0 Å². The molecule has 0 N–H and O–H groups in total. The molecular formula is C24H20N4O. The highest BCUT2D eigenvalue weighted by atomic mass is 16.5. The summed E-state index contributed by atoms with van der Waals surface area (Å²) in [5.74, 6) is 2.02. The summed E-state index contributed by atoms with van der Waals surface area (Å²) in [6.07, 6.45) is 5.10. The number of hydrogen-bond donors (Lipinski definition) is 0. The number of rotatable bonds is 4. The van der Waals surface area contributed by atoms with Gasteiger partial charge in [-0.15, -0.1) is 0 Å². The maximum absolute atomic E-state index is 5.43. The molecule has 5 nitrogen and oxygen atoms in total. The SMILES string of the molecule is C1=C(c2ccccc2)CCN(c2ccc(-c3nc(-c4ccccc4)no3)cn2)C1. The molecule has 0 spiro atoms. The predicted octanol–water partition coefficient (Wildman–Crippen LogP) is 5.09. The molecule has 2 aromatic carbocycles. The second kappa shape index (κ2) is 7.72. The maximum Gasteiger partial charge on any atom is 0.259 e. The molecule has 0 bridgehead atoms. The third kappa shape index (κ3) is 3.67. The van der Waals surface area contributed by atoms with Crippen molar-refractivity contribution in [1.82, 2.24) is 15.1 Å². The fraction of sp³-hybridized carbons (Fsp3) is 0.125. The number of nitrogens with zero attached hydrogens (tertiary/aromatic N) is 4. The quantitative estimate of drug-likeness (QED) is 0.493. The second-order valence-corrected chi connectivity index (χ2v) is 6.99. The lowest BCUT2D eigenvalue weighted by atomic mass is 9.99. The Hall–Kier alpha value is -3.73. The minimum Gasteiger partial charge on any atom is -0.353 e. The van der Waals surface area contributed by atoms with Crippen LogP contribution in [0, 0.1) is 0 Å². The summed E-state index contributed by atoms with van der Waals surface area (Å²) in [5.41, 5.74) is 4.46. The van der Waals surface area contributed by atoms with Crippen molar-refractivity contribution < 1.29 is 4.52 Å². The van der Waals surface area contributed by atoms with Crippen LogP contribution < -0.4 is 4.90 Å². The van der Waals surface area contributed by atoms with Crippen molar-refractivity contribution in [2.45, 2.75) is 6.42 Å². The molecule has 0 amide bonds. The van der Waals surface area contributed by atoms with Crippen LogP contribution in [-0.4, -0.2) is 28.2 Å². The fourth-order valence-electron chi connectivity index (χ4n) is 3.54. The van der Waals surface area contributed by atoms with Gasteiger partial charge in [0.25, 0.3) is 5.89 Å². The topological polar surface area (TPSA) is 55.1 Å². The molecule has 4 aromatic rings. The summed E-state index contributed by atoms with van der Waals surface area (Å²) in [6.45, 7) is 1.81. The first kappa shape index (κ1) is 17.4. The highest BCUT2D eigenvalue weighted by molar-refractivity contribution is 5.68. The predicted molar refractivity (Wildman–Crippen MR) is 114 cm³/mol. The van der Waals surface area contributed by atoms with E-state index in [9.17, 15) is 0 Å². The summed E-state index contributed by atoms with van der Waals surface area (Å²) in [7, 11) is 0. The first-order chi connectivity index (χ1) is 14.4. The van der Waals surface area contributed by atoms with Crippen molar-refractivity contribution in [3.05, 3.63) is 90.6 Å². The molecular weight excluding hydrogens is 360 g/mol. The Labute approximate surface area is 169 Å². The zero-order valence-electron chi connectivity index (χ0n) is 15.9. The summed E-state index contributed by atoms with van der Waals surface area (Å²) >= 11 is 0. The molecule has 5 heteroatoms. The summed E-state index contributed by atoms with van der Waals surface area (Å²) in [5, 5.41) is 4.08. The maximum atomic E-state index is 5.43. The van der Waals surface area contributed by atoms with Gasteiger partial charge < -0.3 is 9.42 Å². The molecule has 0 aliphatic carbocycles. The summed E-state index contributed by atoms with van der Waals surface area (Å²) < 4.78 is 5.43. The van der Waals surface area contributed by atoms with Crippen molar-refractivity contribution in [2.75, 3.05) is 18.0 Å². The van der Waals surface area contributed by atoms with Crippen LogP contribution in [0.3, 0.4) is 0 Å². The first-order valence-electron chi connectivity index (χ1n) is 9.72. The van der Waals surface area contributed by atoms with Gasteiger partial charge in [-0.3, -0.25) is 0 Å². The Morgan fingerprint density at radius 1 is 0.793 bits per heavy atom. The fourth-order valence-corrected chi connectivity index (χ4v) is 3.54. The number of benzene rings is 2. The van der Waals surface area contributed by atoms with Gasteiger partial charge in [-0.1, -0.05) is 71.9 Å². The lowest BCUT2D eigenvalue weighted by molar-refractivity contribution is 0.432. The molecule has 0 radical (unpaired) electrons. The zero-order chi connectivity index (χ0) is 19.5. The largest absolute Gasteiger partial charge is 0.353 e. The molecule has 5 rings (SSSR count). The average Bonchev–Trinajstić information content (AvgIpc) is 3.31. The van der Waals surface area contributed by atoms with E-state index in [-0.39, 0.29) is 0 Å². The molecule has 0 saturated carbocycles. The van der Waals surface area contributed by atoms with Crippen LogP contribution in [0.2, 0.25) is 0 Å². The van der Waals surface area contributed by atoms with E-state index in [4.69, 9.17) is 4.52 Å². The molecule has 0 fully saturated rings. The molecule has 0 saturated heterocycles. The molecule has 1 aliphatic heterocycles. The van der Waals surface area contributed by atoms with E-state index in [1.807, 2.05) is 42.5 Å². The molecule has 1 aliphatic rings. The first-order valence-corrected chi connectivity index (χ1v) is 9.72. The lowest BCUT2D eigenvalue weighted by Crippen LogP contribution is -2.28. The third-order valence-corrected chi connectivity index (χ3v) is 5.13. The minimum atomic E-state index is 0.479. The van der Waals surface area contributed by atoms with E-state index in [0.717, 1.165) is 36.5 Å². The molecule has 29 heavy (non-hydrogen) atoms. The van der Waals surface area contributed by atoms with Gasteiger partial charge in [0.05, 0.1) is 5.56 Å². The number of anilines is 1. The van der Waals surface area contributed by atoms with Crippen LogP contribution in [0.15, 0.2) is 89.6 Å². The Morgan fingerprint density at radius 3 is 2.21 bits per heavy atom. The Bertz CT molecular complexity index is 1120. The van der Waals surface area contributed by atoms with Gasteiger partial charge in [-0.2, -0.15) is 4.98 Å². The third-order valence-electron chi connectivity index (χ3n) is 5.13. The van der Waals surface area contributed by atoms with E-state index in [1.54, 1.807) is 6.20 Å². The van der Waals surface area contributed by atoms with Crippen molar-refractivity contribution in [3.8, 4) is 22.8 Å². The minimum absolute atomic E-state index is 0.479. The van der Waals surface area contributed by atoms with Crippen LogP contribution in [-0.2, 0) is 0 Å². The van der Waals surface area contributed by atoms with E-state index in [1.165, 1.54) is 11.1 Å². The van der Waals surface area contributed by atoms with Gasteiger partial charge in [-0.25, -0.2) is 4.98 Å². The zero-order valence-corrected chi connectivity index (χ0v) is 15.9. The number of hydrogen-bond acceptors (Lipinski definition) is 5. The Morgan fingerprint density at radius 2 is 1.55 bits per heavy atom. The highest BCUT2D eigenvalue weighted by Crippen LogP contribution is 2.26. The van der Waals surface area contributed by atoms with Crippen LogP contribution in [0.5, 0.6) is 0 Å². The van der Waals surface area contributed by atoms with Crippen LogP contribution in [0.25, 0.3) is 28.4 Å². The lowest BCUT2D eigenvalue weighted by Gasteiger charge is -2.27. The smallest absolute Gasteiger partial charge is 0.259 e. The second-order valence-electron chi connectivity index (χ2n) is 6.99. The van der Waals surface area contributed by atoms with Crippen molar-refractivity contribution in [2.24, 2.45) is 0 Å². The molecule has 3 heterocycles. The van der Waals surface area contributed by atoms with E-state index < -0.39 is 0 Å². The van der Waals surface area contributed by atoms with Gasteiger partial charge >= 0.3 is 0 Å². The Kier molecular flexibility index (Phi) is 4.62. The normalized spacial score (nSPS) is 13.9. The average molecular weight is 380 g/mol. The summed E-state index contributed by atoms with van der Waals surface area (Å²) in [6, 6.07) is 24.4. The van der Waals surface area contributed by atoms with Crippen LogP contribution in [0.4, 0.5) is 5.82 Å². The summed E-state index contributed by atoms with van der Waals surface area (Å²) in [4.78, 5) is 11.4. The van der Waals surface area contributed by atoms with Gasteiger partial charge in [0, 0.05) is 24.8 Å². The molecule has 142 valence electrons. The molecule has 0 unspecified atom stereocenters. The molecule has 0 atom stereocenters. The van der Waals surface area contributed by atoms with Crippen molar-refractivity contribution in [3.63, 3.8) is 0 Å².